The molecule has 1 fully saturated rings. The predicted molar refractivity (Wildman–Crippen MR) is 127 cm³/mol. The third kappa shape index (κ3) is 5.59. The molecule has 34 heavy (non-hydrogen) atoms. The maximum Gasteiger partial charge on any atom is 0.269 e. The van der Waals surface area contributed by atoms with Gasteiger partial charge in [0.1, 0.15) is 0 Å². The number of aryl methyl sites for hydroxylation is 1. The molecule has 9 nitrogen and oxygen atoms in total. The highest BCUT2D eigenvalue weighted by Crippen LogP contribution is 2.38. The fourth-order valence-electron chi connectivity index (χ4n) is 3.86. The van der Waals surface area contributed by atoms with E-state index in [4.69, 9.17) is 14.2 Å². The van der Waals surface area contributed by atoms with Gasteiger partial charge in [0.15, 0.2) is 11.5 Å². The van der Waals surface area contributed by atoms with Crippen molar-refractivity contribution in [3.05, 3.63) is 47.5 Å². The number of hydrogen-bond donors (Lipinski definition) is 2. The van der Waals surface area contributed by atoms with Gasteiger partial charge in [0, 0.05) is 24.2 Å². The molecule has 1 heterocycles. The van der Waals surface area contributed by atoms with E-state index in [1.54, 1.807) is 4.90 Å². The fourth-order valence-corrected chi connectivity index (χ4v) is 3.86. The van der Waals surface area contributed by atoms with E-state index in [2.05, 4.69) is 17.8 Å². The molecule has 1 aliphatic heterocycles. The maximum absolute atomic E-state index is 12.6. The molecule has 0 bridgehead atoms. The van der Waals surface area contributed by atoms with Crippen LogP contribution in [0.25, 0.3) is 0 Å². The molecule has 0 aliphatic carbocycles. The Morgan fingerprint density at radius 2 is 1.65 bits per heavy atom. The van der Waals surface area contributed by atoms with Crippen LogP contribution in [0.5, 0.6) is 17.2 Å². The highest BCUT2D eigenvalue weighted by Gasteiger charge is 2.35. The van der Waals surface area contributed by atoms with Crippen molar-refractivity contribution in [2.45, 2.75) is 32.6 Å². The summed E-state index contributed by atoms with van der Waals surface area (Å²) in [6.07, 6.45) is 3.32. The quantitative estimate of drug-likeness (QED) is 0.547. The number of nitrogens with zero attached hydrogens (tertiary/aromatic N) is 1. The van der Waals surface area contributed by atoms with E-state index in [1.165, 1.54) is 39.0 Å². The number of hydrazine groups is 1. The van der Waals surface area contributed by atoms with E-state index in [9.17, 15) is 14.4 Å². The van der Waals surface area contributed by atoms with Crippen molar-refractivity contribution in [1.82, 2.24) is 10.9 Å². The van der Waals surface area contributed by atoms with Crippen LogP contribution in [0, 0.1) is 5.92 Å². The maximum atomic E-state index is 12.6. The lowest BCUT2D eigenvalue weighted by molar-refractivity contribution is -0.126. The molecule has 0 saturated carbocycles. The van der Waals surface area contributed by atoms with Crippen LogP contribution in [-0.4, -0.2) is 45.6 Å². The number of methoxy groups -OCH3 is 3. The van der Waals surface area contributed by atoms with Crippen molar-refractivity contribution in [2.75, 3.05) is 32.8 Å². The molecule has 0 spiro atoms. The molecule has 2 N–H and O–H groups in total. The van der Waals surface area contributed by atoms with Gasteiger partial charge in [0.2, 0.25) is 17.6 Å². The Morgan fingerprint density at radius 1 is 1.00 bits per heavy atom. The van der Waals surface area contributed by atoms with E-state index in [1.807, 2.05) is 24.3 Å². The van der Waals surface area contributed by atoms with E-state index in [0.29, 0.717) is 17.2 Å². The number of hydrogen-bond acceptors (Lipinski definition) is 6. The van der Waals surface area contributed by atoms with Gasteiger partial charge in [-0.2, -0.15) is 0 Å². The topological polar surface area (TPSA) is 106 Å². The Morgan fingerprint density at radius 3 is 2.21 bits per heavy atom. The normalized spacial score (nSPS) is 15.1. The number of nitrogens with one attached hydrogen (secondary N) is 2. The van der Waals surface area contributed by atoms with Crippen LogP contribution in [0.2, 0.25) is 0 Å². The molecular formula is C25H31N3O6. The van der Waals surface area contributed by atoms with Crippen molar-refractivity contribution >= 4 is 23.4 Å². The minimum absolute atomic E-state index is 0.0729. The van der Waals surface area contributed by atoms with Crippen LogP contribution in [0.15, 0.2) is 36.4 Å². The van der Waals surface area contributed by atoms with Crippen molar-refractivity contribution < 1.29 is 28.6 Å². The number of benzene rings is 2. The zero-order chi connectivity index (χ0) is 24.7. The molecule has 182 valence electrons. The van der Waals surface area contributed by atoms with Crippen molar-refractivity contribution in [2.24, 2.45) is 5.92 Å². The summed E-state index contributed by atoms with van der Waals surface area (Å²) in [5.41, 5.74) is 7.01. The van der Waals surface area contributed by atoms with Crippen LogP contribution >= 0.6 is 0 Å². The first-order chi connectivity index (χ1) is 16.4. The minimum atomic E-state index is -0.576. The molecule has 3 amide bonds. The highest BCUT2D eigenvalue weighted by atomic mass is 16.5. The van der Waals surface area contributed by atoms with Crippen molar-refractivity contribution in [3.8, 4) is 17.2 Å². The van der Waals surface area contributed by atoms with E-state index >= 15 is 0 Å². The van der Waals surface area contributed by atoms with Gasteiger partial charge in [-0.05, 0) is 42.7 Å². The predicted octanol–water partition coefficient (Wildman–Crippen LogP) is 2.87. The van der Waals surface area contributed by atoms with Crippen molar-refractivity contribution in [1.29, 1.82) is 0 Å². The number of ether oxygens (including phenoxy) is 3. The second kappa shape index (κ2) is 11.4. The van der Waals surface area contributed by atoms with Gasteiger partial charge < -0.3 is 19.1 Å². The second-order valence-electron chi connectivity index (χ2n) is 8.03. The average molecular weight is 470 g/mol. The van der Waals surface area contributed by atoms with Crippen LogP contribution < -0.4 is 30.0 Å². The molecule has 1 aliphatic rings. The number of amides is 3. The molecule has 1 unspecified atom stereocenters. The highest BCUT2D eigenvalue weighted by molar-refractivity contribution is 6.01. The molecule has 3 rings (SSSR count). The summed E-state index contributed by atoms with van der Waals surface area (Å²) in [7, 11) is 4.36. The Bertz CT molecular complexity index is 1010. The average Bonchev–Trinajstić information content (AvgIpc) is 3.26. The summed E-state index contributed by atoms with van der Waals surface area (Å²) in [5, 5.41) is 0. The first-order valence-corrected chi connectivity index (χ1v) is 11.2. The van der Waals surface area contributed by atoms with Gasteiger partial charge in [-0.15, -0.1) is 0 Å². The van der Waals surface area contributed by atoms with Crippen LogP contribution in [0.3, 0.4) is 0 Å². The van der Waals surface area contributed by atoms with Gasteiger partial charge in [-0.25, -0.2) is 0 Å². The fraction of sp³-hybridized carbons (Fsp3) is 0.400. The third-order valence-corrected chi connectivity index (χ3v) is 5.79. The first kappa shape index (κ1) is 24.9. The summed E-state index contributed by atoms with van der Waals surface area (Å²) in [6, 6.07) is 10.8. The number of carbonyl (C=O) groups excluding carboxylic acids is 3. The Kier molecular flexibility index (Phi) is 8.34. The molecule has 2 aromatic rings. The number of anilines is 1. The Labute approximate surface area is 199 Å². The summed E-state index contributed by atoms with van der Waals surface area (Å²) in [6.45, 7) is 2.40. The molecule has 1 saturated heterocycles. The zero-order valence-electron chi connectivity index (χ0n) is 20.0. The summed E-state index contributed by atoms with van der Waals surface area (Å²) < 4.78 is 15.8. The summed E-state index contributed by atoms with van der Waals surface area (Å²) in [4.78, 5) is 39.4. The SMILES string of the molecule is CCCCc1ccc(N2CC(C(=O)NNC(=O)c3cc(OC)c(OC)c(OC)c3)CC2=O)cc1. The smallest absolute Gasteiger partial charge is 0.269 e. The standard InChI is InChI=1S/C25H31N3O6/c1-5-6-7-16-8-10-19(11-9-16)28-15-18(14-22(28)29)25(31)27-26-24(30)17-12-20(32-2)23(34-4)21(13-17)33-3/h8-13,18H,5-7,14-15H2,1-4H3,(H,26,30)(H,27,31). The lowest BCUT2D eigenvalue weighted by Gasteiger charge is -2.17. The van der Waals surface area contributed by atoms with Crippen LogP contribution in [-0.2, 0) is 16.0 Å². The van der Waals surface area contributed by atoms with E-state index in [0.717, 1.165) is 24.9 Å². The first-order valence-electron chi connectivity index (χ1n) is 11.2. The van der Waals surface area contributed by atoms with E-state index < -0.39 is 17.7 Å². The second-order valence-corrected chi connectivity index (χ2v) is 8.03. The van der Waals surface area contributed by atoms with Gasteiger partial charge >= 0.3 is 0 Å². The lowest BCUT2D eigenvalue weighted by Crippen LogP contribution is -2.45. The lowest BCUT2D eigenvalue weighted by atomic mass is 10.1. The molecule has 0 aromatic heterocycles. The minimum Gasteiger partial charge on any atom is -0.493 e. The molecule has 2 aromatic carbocycles. The van der Waals surface area contributed by atoms with Gasteiger partial charge in [0.25, 0.3) is 5.91 Å². The monoisotopic (exact) mass is 469 g/mol. The Hall–Kier alpha value is -3.75. The largest absolute Gasteiger partial charge is 0.493 e. The summed E-state index contributed by atoms with van der Waals surface area (Å²) in [5.74, 6) is -0.710. The Balaban J connectivity index is 1.60. The van der Waals surface area contributed by atoms with Gasteiger partial charge in [0.05, 0.1) is 27.2 Å². The summed E-state index contributed by atoms with van der Waals surface area (Å²) >= 11 is 0. The molecular weight excluding hydrogens is 438 g/mol. The molecule has 0 radical (unpaired) electrons. The van der Waals surface area contributed by atoms with Crippen LogP contribution in [0.1, 0.15) is 42.1 Å². The number of unbranched alkanes of at least 4 members (excludes halogenated alkanes) is 1. The third-order valence-electron chi connectivity index (χ3n) is 5.79. The van der Waals surface area contributed by atoms with Gasteiger partial charge in [-0.1, -0.05) is 25.5 Å². The zero-order valence-corrected chi connectivity index (χ0v) is 20.0. The van der Waals surface area contributed by atoms with Crippen LogP contribution in [0.4, 0.5) is 5.69 Å². The number of carbonyl (C=O) groups is 3. The molecule has 9 heteroatoms. The van der Waals surface area contributed by atoms with Crippen molar-refractivity contribution in [3.63, 3.8) is 0 Å². The molecule has 1 atom stereocenters. The van der Waals surface area contributed by atoms with E-state index in [-0.39, 0.29) is 24.4 Å². The number of rotatable bonds is 9. The van der Waals surface area contributed by atoms with Gasteiger partial charge in [-0.3, -0.25) is 25.2 Å².